The van der Waals surface area contributed by atoms with E-state index < -0.39 is 27.0 Å². The third kappa shape index (κ3) is 4.11. The number of ether oxygens (including phenoxy) is 1. The Balaban J connectivity index is 1.93. The van der Waals surface area contributed by atoms with Gasteiger partial charge in [0.05, 0.1) is 22.5 Å². The number of esters is 1. The predicted octanol–water partition coefficient (Wildman–Crippen LogP) is 3.65. The molecule has 1 atom stereocenters. The van der Waals surface area contributed by atoms with Crippen molar-refractivity contribution in [1.82, 2.24) is 4.57 Å². The first kappa shape index (κ1) is 24.6. The van der Waals surface area contributed by atoms with E-state index in [1.165, 1.54) is 34.8 Å². The molecule has 0 amide bonds. The lowest BCUT2D eigenvalue weighted by Gasteiger charge is -2.22. The number of nitrogen functional groups attached to an aromatic ring is 1. The molecule has 0 spiro atoms. The van der Waals surface area contributed by atoms with E-state index in [9.17, 15) is 18.0 Å². The highest BCUT2D eigenvalue weighted by atomic mass is 32.2. The zero-order valence-corrected chi connectivity index (χ0v) is 22.2. The second kappa shape index (κ2) is 9.74. The van der Waals surface area contributed by atoms with Crippen molar-refractivity contribution >= 4 is 72.8 Å². The lowest BCUT2D eigenvalue weighted by molar-refractivity contribution is -0.135. The number of anilines is 1. The quantitative estimate of drug-likeness (QED) is 0.361. The molecule has 0 saturated heterocycles. The van der Waals surface area contributed by atoms with Gasteiger partial charge < -0.3 is 10.5 Å². The van der Waals surface area contributed by atoms with E-state index in [0.717, 1.165) is 21.2 Å². The molecule has 0 unspecified atom stereocenters. The molecule has 0 aliphatic carbocycles. The van der Waals surface area contributed by atoms with Crippen LogP contribution < -0.4 is 16.3 Å². The van der Waals surface area contributed by atoms with E-state index in [0.29, 0.717) is 10.1 Å². The summed E-state index contributed by atoms with van der Waals surface area (Å²) in [4.78, 5) is 28.8. The number of rotatable bonds is 6. The molecule has 1 aromatic carbocycles. The maximum Gasteiger partial charge on any atom is 0.346 e. The normalized spacial score (nSPS) is 16.2. The van der Waals surface area contributed by atoms with Crippen LogP contribution in [-0.4, -0.2) is 31.5 Å². The van der Waals surface area contributed by atoms with Crippen LogP contribution in [0.1, 0.15) is 26.7 Å². The van der Waals surface area contributed by atoms with E-state index >= 15 is 0 Å². The summed E-state index contributed by atoms with van der Waals surface area (Å²) in [6.45, 7) is 1.81. The number of thioether (sulfide) groups is 1. The fourth-order valence-corrected chi connectivity index (χ4v) is 8.29. The summed E-state index contributed by atoms with van der Waals surface area (Å²) in [6.07, 6.45) is 1.70. The van der Waals surface area contributed by atoms with E-state index in [1.54, 1.807) is 43.3 Å². The Bertz CT molecular complexity index is 1670. The minimum absolute atomic E-state index is 0.00365. The third-order valence-corrected chi connectivity index (χ3v) is 10.5. The number of hydrogen-bond acceptors (Lipinski definition) is 9. The number of aromatic nitrogens is 1. The van der Waals surface area contributed by atoms with Gasteiger partial charge in [0, 0.05) is 15.0 Å². The zero-order valence-electron chi connectivity index (χ0n) is 18.9. The number of fused-ring (bicyclic) bond motifs is 1. The summed E-state index contributed by atoms with van der Waals surface area (Å²) in [5.41, 5.74) is 6.44. The van der Waals surface area contributed by atoms with Crippen LogP contribution in [0.25, 0.3) is 11.0 Å². The van der Waals surface area contributed by atoms with E-state index in [-0.39, 0.29) is 32.5 Å². The van der Waals surface area contributed by atoms with Gasteiger partial charge >= 0.3 is 5.97 Å². The van der Waals surface area contributed by atoms with Gasteiger partial charge in [-0.25, -0.2) is 13.2 Å². The van der Waals surface area contributed by atoms with Crippen LogP contribution in [0.4, 0.5) is 5.69 Å². The highest BCUT2D eigenvalue weighted by molar-refractivity contribution is 8.10. The summed E-state index contributed by atoms with van der Waals surface area (Å²) in [5.74, 6) is -1.13. The molecule has 0 bridgehead atoms. The molecular weight excluding hydrogens is 537 g/mol. The Hall–Kier alpha value is -3.12. The molecular formula is C25H20N2O5S4. The monoisotopic (exact) mass is 556 g/mol. The van der Waals surface area contributed by atoms with Crippen molar-refractivity contribution in [2.45, 2.75) is 22.1 Å². The Labute approximate surface area is 219 Å². The third-order valence-electron chi connectivity index (χ3n) is 5.50. The average molecular weight is 557 g/mol. The van der Waals surface area contributed by atoms with Crippen molar-refractivity contribution in [3.8, 4) is 0 Å². The first-order valence-corrected chi connectivity index (χ1v) is 15.0. The Morgan fingerprint density at radius 2 is 1.81 bits per heavy atom. The average Bonchev–Trinajstić information content (AvgIpc) is 3.63. The maximum atomic E-state index is 14.0. The lowest BCUT2D eigenvalue weighted by atomic mass is 10.3. The van der Waals surface area contributed by atoms with Crippen LogP contribution in [0.3, 0.4) is 0 Å². The van der Waals surface area contributed by atoms with Crippen LogP contribution in [-0.2, 0) is 19.4 Å². The molecule has 3 aromatic heterocycles. The fourth-order valence-electron chi connectivity index (χ4n) is 3.96. The van der Waals surface area contributed by atoms with Crippen molar-refractivity contribution in [1.29, 1.82) is 0 Å². The van der Waals surface area contributed by atoms with Crippen LogP contribution in [0.5, 0.6) is 0 Å². The molecule has 1 aliphatic heterocycles. The molecule has 4 aromatic rings. The summed E-state index contributed by atoms with van der Waals surface area (Å²) in [6, 6.07) is 15.1. The van der Waals surface area contributed by atoms with Crippen molar-refractivity contribution in [2.24, 2.45) is 0 Å². The number of nitrogens with two attached hydrogens (primary N) is 1. The molecule has 2 N–H and O–H groups in total. The molecule has 7 nitrogen and oxygen atoms in total. The second-order valence-electron chi connectivity index (χ2n) is 7.69. The van der Waals surface area contributed by atoms with Gasteiger partial charge in [0.15, 0.2) is 5.03 Å². The fraction of sp³-hybridized carbons (Fsp3) is 0.120. The summed E-state index contributed by atoms with van der Waals surface area (Å²) in [5, 5.41) is 2.94. The largest absolute Gasteiger partial charge is 0.462 e. The number of hydrogen-bond donors (Lipinski definition) is 1. The van der Waals surface area contributed by atoms with E-state index in [1.807, 2.05) is 22.9 Å². The number of benzene rings is 1. The highest BCUT2D eigenvalue weighted by Crippen LogP contribution is 2.42. The first-order valence-electron chi connectivity index (χ1n) is 10.9. The van der Waals surface area contributed by atoms with Gasteiger partial charge in [-0.3, -0.25) is 9.36 Å². The first-order chi connectivity index (χ1) is 17.3. The Kier molecular flexibility index (Phi) is 6.64. The SMILES string of the molecule is CCOC(=O)C1=c2/c(=C/c3cccs3)c(N)c(S(=O)(=O)c3ccccc3)n2C(=O)[C@@H](c2cccs2)S1. The predicted molar refractivity (Wildman–Crippen MR) is 143 cm³/mol. The summed E-state index contributed by atoms with van der Waals surface area (Å²) in [7, 11) is -4.23. The van der Waals surface area contributed by atoms with Gasteiger partial charge in [-0.05, 0) is 48.0 Å². The Morgan fingerprint density at radius 3 is 2.44 bits per heavy atom. The number of carbonyl (C=O) groups excluding carboxylic acids is 2. The van der Waals surface area contributed by atoms with Crippen LogP contribution in [0, 0.1) is 0 Å². The van der Waals surface area contributed by atoms with E-state index in [4.69, 9.17) is 10.5 Å². The van der Waals surface area contributed by atoms with Gasteiger partial charge in [-0.1, -0.05) is 42.1 Å². The molecule has 0 fully saturated rings. The molecule has 11 heteroatoms. The van der Waals surface area contributed by atoms with Crippen molar-refractivity contribution < 1.29 is 22.7 Å². The molecule has 4 heterocycles. The molecule has 5 rings (SSSR count). The summed E-state index contributed by atoms with van der Waals surface area (Å²) < 4.78 is 34.2. The van der Waals surface area contributed by atoms with Crippen molar-refractivity contribution in [3.05, 3.63) is 85.7 Å². The van der Waals surface area contributed by atoms with Gasteiger partial charge in [0.2, 0.25) is 9.84 Å². The van der Waals surface area contributed by atoms with E-state index in [2.05, 4.69) is 0 Å². The van der Waals surface area contributed by atoms with Crippen LogP contribution in [0.15, 0.2) is 75.3 Å². The standard InChI is InChI=1S/C25H20N2O5S4/c1-2-32-25(29)22-20-17(14-15-8-6-12-33-15)19(26)24(36(30,31)16-9-4-3-5-10-16)27(20)23(28)21(35-22)18-11-7-13-34-18/h3-14,21H,2,26H2,1H3/b17-14+/t21-/m1/s1. The lowest BCUT2D eigenvalue weighted by Crippen LogP contribution is -2.42. The maximum absolute atomic E-state index is 14.0. The van der Waals surface area contributed by atoms with Crippen molar-refractivity contribution in [2.75, 3.05) is 12.3 Å². The summed E-state index contributed by atoms with van der Waals surface area (Å²) >= 11 is 3.83. The highest BCUT2D eigenvalue weighted by Gasteiger charge is 2.40. The topological polar surface area (TPSA) is 108 Å². The van der Waals surface area contributed by atoms with Gasteiger partial charge in [-0.2, -0.15) is 0 Å². The molecule has 36 heavy (non-hydrogen) atoms. The van der Waals surface area contributed by atoms with Crippen LogP contribution >= 0.6 is 34.4 Å². The number of thiophene rings is 2. The van der Waals surface area contributed by atoms with Gasteiger partial charge in [-0.15, -0.1) is 22.7 Å². The van der Waals surface area contributed by atoms with Gasteiger partial charge in [0.25, 0.3) is 5.91 Å². The Morgan fingerprint density at radius 1 is 1.08 bits per heavy atom. The minimum atomic E-state index is -4.23. The molecule has 184 valence electrons. The number of sulfone groups is 1. The zero-order chi connectivity index (χ0) is 25.4. The molecule has 0 radical (unpaired) electrons. The second-order valence-corrected chi connectivity index (χ2v) is 12.6. The molecule has 1 aliphatic rings. The van der Waals surface area contributed by atoms with Gasteiger partial charge in [0.1, 0.15) is 10.2 Å². The smallest absolute Gasteiger partial charge is 0.346 e. The van der Waals surface area contributed by atoms with Crippen molar-refractivity contribution in [3.63, 3.8) is 0 Å². The van der Waals surface area contributed by atoms with Crippen LogP contribution in [0.2, 0.25) is 0 Å². The number of carbonyl (C=O) groups is 2. The molecule has 0 saturated carbocycles. The minimum Gasteiger partial charge on any atom is -0.462 e. The number of nitrogens with zero attached hydrogens (tertiary/aromatic N) is 1.